The van der Waals surface area contributed by atoms with Gasteiger partial charge >= 0.3 is 0 Å². The second-order valence-corrected chi connectivity index (χ2v) is 7.09. The summed E-state index contributed by atoms with van der Waals surface area (Å²) in [6, 6.07) is 4.64. The lowest BCUT2D eigenvalue weighted by Gasteiger charge is -2.49. The van der Waals surface area contributed by atoms with Crippen LogP contribution in [-0.2, 0) is 0 Å². The van der Waals surface area contributed by atoms with Gasteiger partial charge in [-0.1, -0.05) is 0 Å². The third kappa shape index (κ3) is 2.24. The quantitative estimate of drug-likeness (QED) is 0.927. The molecule has 0 saturated carbocycles. The highest BCUT2D eigenvalue weighted by molar-refractivity contribution is 7.17. The number of thiophene rings is 1. The summed E-state index contributed by atoms with van der Waals surface area (Å²) in [5.74, 6) is 0.593. The van der Waals surface area contributed by atoms with Gasteiger partial charge in [0.2, 0.25) is 0 Å². The molecule has 0 radical (unpaired) electrons. The van der Waals surface area contributed by atoms with E-state index < -0.39 is 0 Å². The minimum absolute atomic E-state index is 0.0316. The van der Waals surface area contributed by atoms with Crippen molar-refractivity contribution in [2.24, 2.45) is 5.92 Å². The van der Waals surface area contributed by atoms with E-state index in [0.29, 0.717) is 17.7 Å². The summed E-state index contributed by atoms with van der Waals surface area (Å²) < 4.78 is 1.12. The molecule has 110 valence electrons. The molecule has 4 nitrogen and oxygen atoms in total. The maximum absolute atomic E-state index is 12.5. The first-order valence-electron chi connectivity index (χ1n) is 7.60. The van der Waals surface area contributed by atoms with E-state index in [-0.39, 0.29) is 11.9 Å². The molecule has 0 spiro atoms. The predicted molar refractivity (Wildman–Crippen MR) is 84.6 cm³/mol. The van der Waals surface area contributed by atoms with Crippen molar-refractivity contribution in [1.29, 1.82) is 0 Å². The molecular formula is C16H19N3OS. The van der Waals surface area contributed by atoms with E-state index in [1.807, 2.05) is 17.5 Å². The minimum atomic E-state index is -0.0316. The third-order valence-corrected chi connectivity index (χ3v) is 5.93. The lowest BCUT2D eigenvalue weighted by atomic mass is 9.79. The number of nitrogens with zero attached hydrogens (tertiary/aromatic N) is 2. The first kappa shape index (κ1) is 13.2. The van der Waals surface area contributed by atoms with Gasteiger partial charge in [0.25, 0.3) is 5.91 Å². The van der Waals surface area contributed by atoms with Gasteiger partial charge in [-0.2, -0.15) is 0 Å². The maximum Gasteiger partial charge on any atom is 0.270 e. The van der Waals surface area contributed by atoms with Crippen molar-refractivity contribution in [3.05, 3.63) is 29.4 Å². The van der Waals surface area contributed by atoms with Gasteiger partial charge in [-0.05, 0) is 56.3 Å². The Morgan fingerprint density at radius 1 is 1.43 bits per heavy atom. The van der Waals surface area contributed by atoms with Crippen LogP contribution in [0.25, 0.3) is 10.1 Å². The van der Waals surface area contributed by atoms with Crippen LogP contribution in [0.1, 0.15) is 30.3 Å². The van der Waals surface area contributed by atoms with E-state index in [1.165, 1.54) is 25.9 Å². The van der Waals surface area contributed by atoms with Gasteiger partial charge in [0.1, 0.15) is 5.69 Å². The van der Waals surface area contributed by atoms with Crippen LogP contribution >= 0.6 is 11.3 Å². The molecule has 2 bridgehead atoms. The van der Waals surface area contributed by atoms with E-state index in [1.54, 1.807) is 17.5 Å². The maximum atomic E-state index is 12.5. The third-order valence-electron chi connectivity index (χ3n) is 5.05. The molecule has 2 unspecified atom stereocenters. The topological polar surface area (TPSA) is 45.2 Å². The molecule has 1 amide bonds. The van der Waals surface area contributed by atoms with Gasteiger partial charge in [-0.25, -0.2) is 0 Å². The summed E-state index contributed by atoms with van der Waals surface area (Å²) in [5, 5.41) is 6.37. The summed E-state index contributed by atoms with van der Waals surface area (Å²) in [7, 11) is 0. The normalized spacial score (nSPS) is 31.5. The van der Waals surface area contributed by atoms with Crippen molar-refractivity contribution in [2.45, 2.75) is 31.8 Å². The second kappa shape index (κ2) is 5.07. The van der Waals surface area contributed by atoms with Gasteiger partial charge in [-0.15, -0.1) is 11.3 Å². The van der Waals surface area contributed by atoms with Crippen LogP contribution in [0, 0.1) is 5.92 Å². The molecule has 3 aliphatic heterocycles. The molecule has 3 fully saturated rings. The molecule has 2 aromatic rings. The number of carbonyl (C=O) groups excluding carboxylic acids is 1. The Kier molecular flexibility index (Phi) is 3.19. The van der Waals surface area contributed by atoms with Crippen LogP contribution < -0.4 is 5.32 Å². The molecule has 2 atom stereocenters. The number of rotatable bonds is 2. The average Bonchev–Trinajstić information content (AvgIpc) is 2.98. The Bertz CT molecular complexity index is 673. The smallest absolute Gasteiger partial charge is 0.270 e. The Labute approximate surface area is 128 Å². The van der Waals surface area contributed by atoms with Crippen molar-refractivity contribution < 1.29 is 4.79 Å². The Morgan fingerprint density at radius 2 is 2.24 bits per heavy atom. The standard InChI is InChI=1S/C16H19N3OS/c1-10-15(11-2-5-19(10)6-3-11)18-16(20)13-8-14-12(9-17-13)4-7-21-14/h4,7-11,15H,2-3,5-6H2,1H3,(H,18,20). The largest absolute Gasteiger partial charge is 0.346 e. The van der Waals surface area contributed by atoms with Crippen LogP contribution in [0.3, 0.4) is 0 Å². The number of piperidine rings is 3. The Morgan fingerprint density at radius 3 is 3.00 bits per heavy atom. The number of aromatic nitrogens is 1. The fraction of sp³-hybridized carbons (Fsp3) is 0.500. The zero-order valence-corrected chi connectivity index (χ0v) is 12.9. The van der Waals surface area contributed by atoms with E-state index in [0.717, 1.165) is 10.1 Å². The van der Waals surface area contributed by atoms with Crippen molar-refractivity contribution >= 4 is 27.3 Å². The fourth-order valence-electron chi connectivity index (χ4n) is 3.75. The van der Waals surface area contributed by atoms with Crippen molar-refractivity contribution in [3.8, 4) is 0 Å². The zero-order valence-electron chi connectivity index (χ0n) is 12.1. The van der Waals surface area contributed by atoms with E-state index in [4.69, 9.17) is 0 Å². The Balaban J connectivity index is 1.54. The number of amides is 1. The molecule has 5 rings (SSSR count). The van der Waals surface area contributed by atoms with E-state index in [9.17, 15) is 4.79 Å². The molecule has 21 heavy (non-hydrogen) atoms. The van der Waals surface area contributed by atoms with Crippen molar-refractivity contribution in [1.82, 2.24) is 15.2 Å². The lowest BCUT2D eigenvalue weighted by Crippen LogP contribution is -2.62. The number of carbonyl (C=O) groups is 1. The van der Waals surface area contributed by atoms with E-state index >= 15 is 0 Å². The van der Waals surface area contributed by atoms with Crippen LogP contribution in [0.5, 0.6) is 0 Å². The first-order valence-corrected chi connectivity index (χ1v) is 8.48. The highest BCUT2D eigenvalue weighted by atomic mass is 32.1. The Hall–Kier alpha value is -1.46. The van der Waals surface area contributed by atoms with Crippen LogP contribution in [0.4, 0.5) is 0 Å². The number of fused-ring (bicyclic) bond motifs is 4. The molecular weight excluding hydrogens is 282 g/mol. The molecule has 1 N–H and O–H groups in total. The van der Waals surface area contributed by atoms with Crippen molar-refractivity contribution in [2.75, 3.05) is 13.1 Å². The molecule has 3 aliphatic rings. The summed E-state index contributed by atoms with van der Waals surface area (Å²) in [5.41, 5.74) is 0.536. The highest BCUT2D eigenvalue weighted by Gasteiger charge is 2.40. The molecule has 2 aromatic heterocycles. The minimum Gasteiger partial charge on any atom is -0.346 e. The summed E-state index contributed by atoms with van der Waals surface area (Å²) in [4.78, 5) is 19.3. The number of pyridine rings is 1. The number of hydrogen-bond acceptors (Lipinski definition) is 4. The van der Waals surface area contributed by atoms with Gasteiger partial charge < -0.3 is 5.32 Å². The predicted octanol–water partition coefficient (Wildman–Crippen LogP) is 2.51. The van der Waals surface area contributed by atoms with Gasteiger partial charge in [0, 0.05) is 28.4 Å². The summed E-state index contributed by atoms with van der Waals surface area (Å²) in [6.45, 7) is 4.58. The van der Waals surface area contributed by atoms with Gasteiger partial charge in [-0.3, -0.25) is 14.7 Å². The molecule has 5 heterocycles. The highest BCUT2D eigenvalue weighted by Crippen LogP contribution is 2.32. The van der Waals surface area contributed by atoms with E-state index in [2.05, 4.69) is 22.1 Å². The summed E-state index contributed by atoms with van der Waals surface area (Å²) >= 11 is 1.65. The molecule has 0 aliphatic carbocycles. The molecule has 3 saturated heterocycles. The van der Waals surface area contributed by atoms with Crippen LogP contribution in [0.15, 0.2) is 23.7 Å². The number of hydrogen-bond donors (Lipinski definition) is 1. The zero-order chi connectivity index (χ0) is 14.4. The van der Waals surface area contributed by atoms with Crippen LogP contribution in [-0.4, -0.2) is 41.0 Å². The second-order valence-electron chi connectivity index (χ2n) is 6.14. The molecule has 5 heteroatoms. The summed E-state index contributed by atoms with van der Waals surface area (Å²) in [6.07, 6.45) is 4.19. The monoisotopic (exact) mass is 301 g/mol. The van der Waals surface area contributed by atoms with Crippen LogP contribution in [0.2, 0.25) is 0 Å². The average molecular weight is 301 g/mol. The SMILES string of the molecule is CC1C(NC(=O)c2cc3sccc3cn2)C2CCN1CC2. The van der Waals surface area contributed by atoms with Gasteiger partial charge in [0.05, 0.1) is 0 Å². The number of nitrogens with one attached hydrogen (secondary N) is 1. The lowest BCUT2D eigenvalue weighted by molar-refractivity contribution is 0.0216. The fourth-order valence-corrected chi connectivity index (χ4v) is 4.55. The first-order chi connectivity index (χ1) is 10.2. The van der Waals surface area contributed by atoms with Crippen molar-refractivity contribution in [3.63, 3.8) is 0 Å². The molecule has 0 aromatic carbocycles. The van der Waals surface area contributed by atoms with Gasteiger partial charge in [0.15, 0.2) is 0 Å².